The lowest BCUT2D eigenvalue weighted by Crippen LogP contribution is -1.98. The summed E-state index contributed by atoms with van der Waals surface area (Å²) >= 11 is 0. The molecular weight excluding hydrogens is 328 g/mol. The maximum atomic E-state index is 6.49. The van der Waals surface area contributed by atoms with Gasteiger partial charge in [-0.05, 0) is 58.5 Å². The number of nitrogens with two attached hydrogens (primary N) is 2. The van der Waals surface area contributed by atoms with Crippen LogP contribution < -0.4 is 11.5 Å². The molecule has 4 N–H and O–H groups in total. The molecular formula is C25H22N2. The quantitative estimate of drug-likeness (QED) is 0.435. The van der Waals surface area contributed by atoms with Gasteiger partial charge in [0.25, 0.3) is 0 Å². The Hall–Kier alpha value is -3.52. The van der Waals surface area contributed by atoms with E-state index in [1.54, 1.807) is 0 Å². The fraction of sp³-hybridized carbons (Fsp3) is 0.0400. The summed E-state index contributed by atoms with van der Waals surface area (Å²) in [6, 6.07) is 30.9. The van der Waals surface area contributed by atoms with E-state index in [1.807, 2.05) is 36.4 Å². The van der Waals surface area contributed by atoms with Crippen molar-refractivity contribution in [1.82, 2.24) is 0 Å². The number of hydrogen-bond donors (Lipinski definition) is 2. The van der Waals surface area contributed by atoms with Crippen LogP contribution in [0, 0.1) is 6.92 Å². The minimum atomic E-state index is 0.759. The average molecular weight is 350 g/mol. The van der Waals surface area contributed by atoms with E-state index in [0.717, 1.165) is 39.2 Å². The standard InChI is InChI=1S/C25H22N2/c1-17-7-5-6-10-21(17)25-22(18-11-13-20(26)14-12-18)15-16-23(27)24(25)19-8-3-2-4-9-19/h2-16H,26-27H2,1H3. The topological polar surface area (TPSA) is 52.0 Å². The highest BCUT2D eigenvalue weighted by Gasteiger charge is 2.18. The van der Waals surface area contributed by atoms with Gasteiger partial charge in [-0.2, -0.15) is 0 Å². The molecule has 4 aromatic rings. The van der Waals surface area contributed by atoms with E-state index in [1.165, 1.54) is 11.1 Å². The van der Waals surface area contributed by atoms with Gasteiger partial charge in [0.1, 0.15) is 0 Å². The van der Waals surface area contributed by atoms with Crippen LogP contribution in [0.3, 0.4) is 0 Å². The predicted molar refractivity (Wildman–Crippen MR) is 116 cm³/mol. The van der Waals surface area contributed by atoms with E-state index in [4.69, 9.17) is 11.5 Å². The Morgan fingerprint density at radius 2 is 1.19 bits per heavy atom. The van der Waals surface area contributed by atoms with Crippen LogP contribution in [0.25, 0.3) is 33.4 Å². The molecule has 0 heterocycles. The SMILES string of the molecule is Cc1ccccc1-c1c(-c2ccc(N)cc2)ccc(N)c1-c1ccccc1. The van der Waals surface area contributed by atoms with Gasteiger partial charge in [0.15, 0.2) is 0 Å². The number of anilines is 2. The summed E-state index contributed by atoms with van der Waals surface area (Å²) in [4.78, 5) is 0. The first kappa shape index (κ1) is 16.9. The Bertz CT molecular complexity index is 1080. The summed E-state index contributed by atoms with van der Waals surface area (Å²) in [5.41, 5.74) is 22.0. The van der Waals surface area contributed by atoms with Crippen LogP contribution in [0.4, 0.5) is 11.4 Å². The molecule has 0 radical (unpaired) electrons. The number of nitrogen functional groups attached to an aromatic ring is 2. The molecule has 0 fully saturated rings. The fourth-order valence-corrected chi connectivity index (χ4v) is 3.57. The minimum Gasteiger partial charge on any atom is -0.399 e. The van der Waals surface area contributed by atoms with E-state index in [-0.39, 0.29) is 0 Å². The van der Waals surface area contributed by atoms with Crippen LogP contribution in [0.15, 0.2) is 91.0 Å². The molecule has 0 saturated carbocycles. The van der Waals surface area contributed by atoms with Crippen LogP contribution in [-0.4, -0.2) is 0 Å². The van der Waals surface area contributed by atoms with E-state index in [0.29, 0.717) is 0 Å². The van der Waals surface area contributed by atoms with Gasteiger partial charge in [-0.3, -0.25) is 0 Å². The maximum Gasteiger partial charge on any atom is 0.0400 e. The summed E-state index contributed by atoms with van der Waals surface area (Å²) in [7, 11) is 0. The van der Waals surface area contributed by atoms with Gasteiger partial charge in [-0.15, -0.1) is 0 Å². The largest absolute Gasteiger partial charge is 0.399 e. The van der Waals surface area contributed by atoms with Gasteiger partial charge in [0.05, 0.1) is 0 Å². The monoisotopic (exact) mass is 350 g/mol. The molecule has 0 bridgehead atoms. The number of benzene rings is 4. The van der Waals surface area contributed by atoms with Crippen molar-refractivity contribution in [2.75, 3.05) is 11.5 Å². The number of rotatable bonds is 3. The van der Waals surface area contributed by atoms with Gasteiger partial charge in [0.2, 0.25) is 0 Å². The molecule has 0 saturated heterocycles. The average Bonchev–Trinajstić information content (AvgIpc) is 2.70. The highest BCUT2D eigenvalue weighted by atomic mass is 14.6. The third-order valence-electron chi connectivity index (χ3n) is 4.94. The van der Waals surface area contributed by atoms with E-state index >= 15 is 0 Å². The number of aryl methyl sites for hydroxylation is 1. The van der Waals surface area contributed by atoms with E-state index < -0.39 is 0 Å². The molecule has 0 unspecified atom stereocenters. The van der Waals surface area contributed by atoms with Crippen molar-refractivity contribution < 1.29 is 0 Å². The van der Waals surface area contributed by atoms with Gasteiger partial charge >= 0.3 is 0 Å². The smallest absolute Gasteiger partial charge is 0.0400 e. The first-order valence-electron chi connectivity index (χ1n) is 9.05. The van der Waals surface area contributed by atoms with Crippen LogP contribution >= 0.6 is 0 Å². The molecule has 0 aliphatic carbocycles. The zero-order valence-corrected chi connectivity index (χ0v) is 15.3. The Balaban J connectivity index is 2.09. The van der Waals surface area contributed by atoms with Crippen molar-refractivity contribution in [2.45, 2.75) is 6.92 Å². The van der Waals surface area contributed by atoms with Crippen molar-refractivity contribution >= 4 is 11.4 Å². The zero-order chi connectivity index (χ0) is 18.8. The lowest BCUT2D eigenvalue weighted by atomic mass is 9.85. The summed E-state index contributed by atoms with van der Waals surface area (Å²) in [6.45, 7) is 2.14. The van der Waals surface area contributed by atoms with Crippen molar-refractivity contribution in [3.05, 3.63) is 96.6 Å². The highest BCUT2D eigenvalue weighted by molar-refractivity contribution is 6.00. The first-order chi connectivity index (χ1) is 13.1. The molecule has 27 heavy (non-hydrogen) atoms. The second-order valence-corrected chi connectivity index (χ2v) is 6.76. The van der Waals surface area contributed by atoms with Crippen molar-refractivity contribution in [2.24, 2.45) is 0 Å². The third kappa shape index (κ3) is 3.18. The summed E-state index contributed by atoms with van der Waals surface area (Å²) < 4.78 is 0. The van der Waals surface area contributed by atoms with Crippen LogP contribution in [0.2, 0.25) is 0 Å². The molecule has 4 rings (SSSR count). The lowest BCUT2D eigenvalue weighted by Gasteiger charge is -2.20. The Kier molecular flexibility index (Phi) is 4.39. The number of hydrogen-bond acceptors (Lipinski definition) is 2. The second-order valence-electron chi connectivity index (χ2n) is 6.76. The van der Waals surface area contributed by atoms with Crippen LogP contribution in [-0.2, 0) is 0 Å². The molecule has 0 atom stereocenters. The van der Waals surface area contributed by atoms with Gasteiger partial charge in [0, 0.05) is 16.9 Å². The first-order valence-corrected chi connectivity index (χ1v) is 9.05. The van der Waals surface area contributed by atoms with Gasteiger partial charge in [-0.25, -0.2) is 0 Å². The molecule has 4 aromatic carbocycles. The van der Waals surface area contributed by atoms with Crippen LogP contribution in [0.5, 0.6) is 0 Å². The molecule has 0 aliphatic heterocycles. The molecule has 0 spiro atoms. The fourth-order valence-electron chi connectivity index (χ4n) is 3.57. The van der Waals surface area contributed by atoms with Crippen molar-refractivity contribution in [3.8, 4) is 33.4 Å². The maximum absolute atomic E-state index is 6.49. The Morgan fingerprint density at radius 1 is 0.519 bits per heavy atom. The highest BCUT2D eigenvalue weighted by Crippen LogP contribution is 2.44. The second kappa shape index (κ2) is 7.00. The minimum absolute atomic E-state index is 0.759. The summed E-state index contributed by atoms with van der Waals surface area (Å²) in [5.74, 6) is 0. The van der Waals surface area contributed by atoms with E-state index in [2.05, 4.69) is 61.5 Å². The molecule has 2 heteroatoms. The van der Waals surface area contributed by atoms with Gasteiger partial charge in [-0.1, -0.05) is 72.8 Å². The Labute approximate surface area is 160 Å². The predicted octanol–water partition coefficient (Wildman–Crippen LogP) is 6.16. The summed E-state index contributed by atoms with van der Waals surface area (Å²) in [6.07, 6.45) is 0. The molecule has 0 aliphatic rings. The molecule has 2 nitrogen and oxygen atoms in total. The zero-order valence-electron chi connectivity index (χ0n) is 15.3. The summed E-state index contributed by atoms with van der Waals surface area (Å²) in [5, 5.41) is 0. The third-order valence-corrected chi connectivity index (χ3v) is 4.94. The Morgan fingerprint density at radius 3 is 1.89 bits per heavy atom. The lowest BCUT2D eigenvalue weighted by molar-refractivity contribution is 1.45. The van der Waals surface area contributed by atoms with E-state index in [9.17, 15) is 0 Å². The molecule has 132 valence electrons. The van der Waals surface area contributed by atoms with Gasteiger partial charge < -0.3 is 11.5 Å². The normalized spacial score (nSPS) is 10.7. The molecule has 0 amide bonds. The van der Waals surface area contributed by atoms with Crippen LogP contribution in [0.1, 0.15) is 5.56 Å². The van der Waals surface area contributed by atoms with Crippen molar-refractivity contribution in [1.29, 1.82) is 0 Å². The molecule has 0 aromatic heterocycles. The van der Waals surface area contributed by atoms with Crippen molar-refractivity contribution in [3.63, 3.8) is 0 Å².